The number of rotatable bonds is 27. The summed E-state index contributed by atoms with van der Waals surface area (Å²) in [6, 6.07) is 10.4. The molecule has 0 aliphatic rings. The molecule has 0 bridgehead atoms. The van der Waals surface area contributed by atoms with Crippen molar-refractivity contribution >= 4 is 18.4 Å². The molecule has 41 heavy (non-hydrogen) atoms. The van der Waals surface area contributed by atoms with E-state index in [4.69, 9.17) is 0 Å². The van der Waals surface area contributed by atoms with Gasteiger partial charge in [0.25, 0.3) is 0 Å². The molecule has 0 unspecified atom stereocenters. The molecule has 0 aliphatic carbocycles. The van der Waals surface area contributed by atoms with Gasteiger partial charge in [-0.1, -0.05) is 0 Å². The van der Waals surface area contributed by atoms with E-state index in [0.717, 1.165) is 11.7 Å². The van der Waals surface area contributed by atoms with Gasteiger partial charge < -0.3 is 0 Å². The molecule has 0 radical (unpaired) electrons. The molecule has 0 spiro atoms. The molecular weight excluding hydrogens is 534 g/mol. The van der Waals surface area contributed by atoms with Crippen molar-refractivity contribution in [3.05, 3.63) is 35.9 Å². The predicted molar refractivity (Wildman–Crippen MR) is 197 cm³/mol. The van der Waals surface area contributed by atoms with Gasteiger partial charge in [-0.15, -0.1) is 0 Å². The van der Waals surface area contributed by atoms with E-state index in [1.165, 1.54) is 146 Å². The fraction of sp³-hybridized carbons (Fsp3) is 0.816. The molecule has 3 heteroatoms. The number of hydrogen-bond donors (Lipinski definition) is 0. The van der Waals surface area contributed by atoms with Gasteiger partial charge in [-0.2, -0.15) is 0 Å². The maximum absolute atomic E-state index is 14.5. The van der Waals surface area contributed by atoms with Crippen LogP contribution in [0, 0.1) is 0 Å². The second-order valence-electron chi connectivity index (χ2n) is 13.8. The molecule has 0 aliphatic heterocycles. The van der Waals surface area contributed by atoms with Crippen LogP contribution >= 0.6 is 12.6 Å². The van der Waals surface area contributed by atoms with E-state index in [1.807, 2.05) is 0 Å². The molecule has 1 aromatic rings. The molecular formula is C38H74OP2. The van der Waals surface area contributed by atoms with Gasteiger partial charge in [-0.3, -0.25) is 0 Å². The van der Waals surface area contributed by atoms with Gasteiger partial charge in [-0.05, 0) is 0 Å². The van der Waals surface area contributed by atoms with Crippen molar-refractivity contribution in [2.24, 2.45) is 0 Å². The molecule has 0 atom stereocenters. The first-order valence-electron chi connectivity index (χ1n) is 18.4. The van der Waals surface area contributed by atoms with E-state index in [0.29, 0.717) is 5.78 Å². The van der Waals surface area contributed by atoms with Gasteiger partial charge >= 0.3 is 260 Å². The van der Waals surface area contributed by atoms with Crippen molar-refractivity contribution in [2.75, 3.05) is 49.3 Å². The molecule has 0 fully saturated rings. The van der Waals surface area contributed by atoms with Crippen LogP contribution in [0.1, 0.15) is 162 Å². The Morgan fingerprint density at radius 3 is 1.10 bits per heavy atom. The second-order valence-corrected chi connectivity index (χ2v) is 32.3. The minimum absolute atomic E-state index is 0.479. The van der Waals surface area contributed by atoms with Crippen molar-refractivity contribution in [3.63, 3.8) is 0 Å². The van der Waals surface area contributed by atoms with Crippen molar-refractivity contribution < 1.29 is 4.79 Å². The van der Waals surface area contributed by atoms with Gasteiger partial charge in [0, 0.05) is 0 Å². The fourth-order valence-corrected chi connectivity index (χ4v) is 39.8. The monoisotopic (exact) mass is 609 g/mol. The zero-order chi connectivity index (χ0) is 30.6. The standard InChI is InChI=1S/C38H74OP2/c1-8-15-19-26-32-41(33-27-20-16-9-2,34-28-21-17-10-3,35-29-22-18-11-4)40(12-5,13-6,14-7)36-38(39)37-30-24-23-25-31-37/h23-25,30-31H,8-22,26-29,32-36H2,1-7H3. The second kappa shape index (κ2) is 19.9. The van der Waals surface area contributed by atoms with Crippen molar-refractivity contribution in [1.29, 1.82) is 0 Å². The van der Waals surface area contributed by atoms with Gasteiger partial charge in [0.15, 0.2) is 0 Å². The number of hydrogen-bond acceptors (Lipinski definition) is 1. The Bertz CT molecular complexity index is 742. The fourth-order valence-electron chi connectivity index (χ4n) is 9.07. The van der Waals surface area contributed by atoms with E-state index in [9.17, 15) is 4.79 Å². The van der Waals surface area contributed by atoms with E-state index >= 15 is 0 Å². The minimum atomic E-state index is -2.43. The van der Waals surface area contributed by atoms with Gasteiger partial charge in [0.05, 0.1) is 0 Å². The topological polar surface area (TPSA) is 17.1 Å². The van der Waals surface area contributed by atoms with Crippen LogP contribution in [0.5, 0.6) is 0 Å². The number of Topliss-reactive ketones (excluding diaryl/α,β-unsaturated/α-hetero) is 1. The summed E-state index contributed by atoms with van der Waals surface area (Å²) < 4.78 is 0. The molecule has 0 amide bonds. The third-order valence-corrected chi connectivity index (χ3v) is 42.0. The molecule has 0 saturated heterocycles. The average Bonchev–Trinajstić information content (AvgIpc) is 3.01. The quantitative estimate of drug-likeness (QED) is 0.0551. The van der Waals surface area contributed by atoms with E-state index in [1.54, 1.807) is 0 Å². The summed E-state index contributed by atoms with van der Waals surface area (Å²) in [7, 11) is 0. The average molecular weight is 609 g/mol. The summed E-state index contributed by atoms with van der Waals surface area (Å²) in [5.41, 5.74) is 0.974. The summed E-state index contributed by atoms with van der Waals surface area (Å²) in [5.74, 6) is 0.479. The van der Waals surface area contributed by atoms with Crippen molar-refractivity contribution in [3.8, 4) is 0 Å². The van der Waals surface area contributed by atoms with Gasteiger partial charge in [0.2, 0.25) is 0 Å². The first-order chi connectivity index (χ1) is 19.8. The first-order valence-corrected chi connectivity index (χ1v) is 25.1. The summed E-state index contributed by atoms with van der Waals surface area (Å²) in [6.45, 7) is 17.2. The Kier molecular flexibility index (Phi) is 18.8. The molecule has 1 aromatic carbocycles. The third-order valence-electron chi connectivity index (χ3n) is 12.0. The maximum atomic E-state index is 14.5. The molecule has 1 rings (SSSR count). The molecule has 0 saturated carbocycles. The van der Waals surface area contributed by atoms with Crippen LogP contribution in [0.4, 0.5) is 0 Å². The number of benzene rings is 1. The molecule has 0 N–H and O–H groups in total. The Balaban J connectivity index is 3.98. The van der Waals surface area contributed by atoms with Crippen LogP contribution in [0.3, 0.4) is 0 Å². The van der Waals surface area contributed by atoms with Gasteiger partial charge in [0.1, 0.15) is 0 Å². The van der Waals surface area contributed by atoms with Crippen LogP contribution in [0.2, 0.25) is 0 Å². The van der Waals surface area contributed by atoms with E-state index in [-0.39, 0.29) is 0 Å². The zero-order valence-corrected chi connectivity index (χ0v) is 30.9. The summed E-state index contributed by atoms with van der Waals surface area (Å²) in [6.07, 6.45) is 28.1. The Hall–Kier alpha value is -0.250. The summed E-state index contributed by atoms with van der Waals surface area (Å²) in [5, 5.41) is 0. The Morgan fingerprint density at radius 2 is 0.805 bits per heavy atom. The van der Waals surface area contributed by atoms with Crippen LogP contribution < -0.4 is 0 Å². The van der Waals surface area contributed by atoms with Crippen LogP contribution in [-0.2, 0) is 0 Å². The summed E-state index contributed by atoms with van der Waals surface area (Å²) in [4.78, 5) is 14.5. The van der Waals surface area contributed by atoms with Crippen molar-refractivity contribution in [2.45, 2.75) is 151 Å². The van der Waals surface area contributed by atoms with E-state index < -0.39 is 12.6 Å². The third kappa shape index (κ3) is 9.37. The first kappa shape index (κ1) is 38.8. The zero-order valence-electron chi connectivity index (χ0n) is 29.2. The molecule has 1 nitrogen and oxygen atoms in total. The Labute approximate surface area is 259 Å². The van der Waals surface area contributed by atoms with E-state index in [2.05, 4.69) is 78.8 Å². The Morgan fingerprint density at radius 1 is 0.463 bits per heavy atom. The SMILES string of the molecule is CCCCCCP(CCCCCC)(CCCCCC)(CCCCCC)P(CC)(CC)(CC)CC(=O)c1ccccc1. The van der Waals surface area contributed by atoms with Crippen LogP contribution in [0.25, 0.3) is 0 Å². The van der Waals surface area contributed by atoms with Crippen molar-refractivity contribution in [1.82, 2.24) is 0 Å². The number of carbonyl (C=O) groups excluding carboxylic acids is 1. The number of ketones is 1. The number of unbranched alkanes of at least 4 members (excludes halogenated alkanes) is 12. The van der Waals surface area contributed by atoms with Crippen LogP contribution in [0.15, 0.2) is 30.3 Å². The van der Waals surface area contributed by atoms with Gasteiger partial charge in [-0.25, -0.2) is 0 Å². The van der Waals surface area contributed by atoms with Crippen LogP contribution in [-0.4, -0.2) is 55.1 Å². The summed E-state index contributed by atoms with van der Waals surface area (Å²) >= 11 is 0. The normalized spacial score (nSPS) is 14.3. The molecule has 242 valence electrons. The molecule has 0 aromatic heterocycles. The predicted octanol–water partition coefficient (Wildman–Crippen LogP) is 13.3. The molecule has 0 heterocycles. The number of carbonyl (C=O) groups is 1.